The van der Waals surface area contributed by atoms with Gasteiger partial charge >= 0.3 is 0 Å². The molecule has 134 valence electrons. The third-order valence-electron chi connectivity index (χ3n) is 4.25. The minimum atomic E-state index is -0.361. The molecule has 0 bridgehead atoms. The molecule has 0 aliphatic rings. The number of benzene rings is 2. The lowest BCUT2D eigenvalue weighted by atomic mass is 10.0. The Hall–Kier alpha value is -3.06. The number of rotatable bonds is 3. The van der Waals surface area contributed by atoms with Crippen LogP contribution in [-0.4, -0.2) is 25.5 Å². The maximum Gasteiger partial charge on any atom is 0.199 e. The van der Waals surface area contributed by atoms with Gasteiger partial charge in [0.1, 0.15) is 11.6 Å². The molecule has 2 aromatic carbocycles. The molecule has 2 heterocycles. The summed E-state index contributed by atoms with van der Waals surface area (Å²) >= 11 is 3.30. The van der Waals surface area contributed by atoms with Crippen molar-refractivity contribution in [2.75, 3.05) is 0 Å². The van der Waals surface area contributed by atoms with Crippen molar-refractivity contribution in [1.82, 2.24) is 14.6 Å². The van der Waals surface area contributed by atoms with E-state index in [0.717, 1.165) is 11.1 Å². The molecule has 7 heteroatoms. The minimum absolute atomic E-state index is 0.105. The zero-order chi connectivity index (χ0) is 19.1. The van der Waals surface area contributed by atoms with E-state index in [4.69, 9.17) is 0 Å². The van der Waals surface area contributed by atoms with Crippen molar-refractivity contribution in [2.45, 2.75) is 6.92 Å². The number of aromatic nitrogens is 3. The summed E-state index contributed by atoms with van der Waals surface area (Å²) in [7, 11) is 0. The number of carbonyl (C=O) groups excluding carboxylic acids is 1. The summed E-state index contributed by atoms with van der Waals surface area (Å²) in [6.45, 7) is 1.83. The number of ketones is 1. The van der Waals surface area contributed by atoms with Crippen molar-refractivity contribution < 1.29 is 14.3 Å². The van der Waals surface area contributed by atoms with Crippen LogP contribution in [-0.2, 0) is 0 Å². The number of aromatic hydroxyl groups is 1. The summed E-state index contributed by atoms with van der Waals surface area (Å²) in [6, 6.07) is 10.8. The van der Waals surface area contributed by atoms with Crippen molar-refractivity contribution in [3.05, 3.63) is 82.0 Å². The van der Waals surface area contributed by atoms with E-state index < -0.39 is 0 Å². The lowest BCUT2D eigenvalue weighted by Crippen LogP contribution is -2.05. The average molecular weight is 426 g/mol. The van der Waals surface area contributed by atoms with Gasteiger partial charge in [-0.15, -0.1) is 0 Å². The maximum atomic E-state index is 13.2. The monoisotopic (exact) mass is 425 g/mol. The molecule has 4 rings (SSSR count). The second kappa shape index (κ2) is 6.59. The lowest BCUT2D eigenvalue weighted by molar-refractivity contribution is 0.103. The molecule has 1 N–H and O–H groups in total. The van der Waals surface area contributed by atoms with Crippen LogP contribution in [0.4, 0.5) is 4.39 Å². The number of nitrogens with zero attached hydrogens (tertiary/aromatic N) is 3. The zero-order valence-electron chi connectivity index (χ0n) is 14.1. The maximum absolute atomic E-state index is 13.2. The first-order valence-electron chi connectivity index (χ1n) is 8.08. The molecule has 0 unspecified atom stereocenters. The molecular weight excluding hydrogens is 413 g/mol. The molecule has 0 fully saturated rings. The summed E-state index contributed by atoms with van der Waals surface area (Å²) in [5.74, 6) is -0.783. The van der Waals surface area contributed by atoms with Crippen LogP contribution < -0.4 is 0 Å². The smallest absolute Gasteiger partial charge is 0.199 e. The first kappa shape index (κ1) is 17.4. The third kappa shape index (κ3) is 3.10. The highest BCUT2D eigenvalue weighted by molar-refractivity contribution is 9.10. The molecule has 0 saturated carbocycles. The second-order valence-corrected chi connectivity index (χ2v) is 6.98. The molecule has 2 aromatic heterocycles. The van der Waals surface area contributed by atoms with Crippen molar-refractivity contribution in [3.8, 4) is 16.9 Å². The summed E-state index contributed by atoms with van der Waals surface area (Å²) in [5.41, 5.74) is 3.31. The molecule has 0 saturated heterocycles. The number of phenols is 1. The Balaban J connectivity index is 1.81. The molecule has 4 aromatic rings. The van der Waals surface area contributed by atoms with Gasteiger partial charge in [0, 0.05) is 22.4 Å². The Morgan fingerprint density at radius 1 is 1.19 bits per heavy atom. The van der Waals surface area contributed by atoms with Gasteiger partial charge in [-0.05, 0) is 42.8 Å². The number of hydrogen-bond donors (Lipinski definition) is 1. The van der Waals surface area contributed by atoms with Gasteiger partial charge in [-0.25, -0.2) is 13.9 Å². The lowest BCUT2D eigenvalue weighted by Gasteiger charge is -2.05. The van der Waals surface area contributed by atoms with Crippen molar-refractivity contribution >= 4 is 27.4 Å². The van der Waals surface area contributed by atoms with Crippen molar-refractivity contribution in [2.24, 2.45) is 0 Å². The highest BCUT2D eigenvalue weighted by atomic mass is 79.9. The van der Waals surface area contributed by atoms with Crippen LogP contribution in [0.3, 0.4) is 0 Å². The number of halogens is 2. The molecule has 0 radical (unpaired) electrons. The van der Waals surface area contributed by atoms with Gasteiger partial charge in [-0.1, -0.05) is 28.1 Å². The summed E-state index contributed by atoms with van der Waals surface area (Å²) < 4.78 is 15.4. The number of carbonyl (C=O) groups is 1. The van der Waals surface area contributed by atoms with Crippen LogP contribution in [0.2, 0.25) is 0 Å². The van der Waals surface area contributed by atoms with Gasteiger partial charge in [-0.3, -0.25) is 4.79 Å². The Morgan fingerprint density at radius 2 is 1.93 bits per heavy atom. The van der Waals surface area contributed by atoms with Crippen LogP contribution in [0, 0.1) is 12.7 Å². The SMILES string of the molecule is Cc1nn2cc(C(=O)c3cc(Br)ccc3O)cnc2c1-c1ccc(F)cc1. The minimum Gasteiger partial charge on any atom is -0.507 e. The Kier molecular flexibility index (Phi) is 4.24. The molecule has 0 atom stereocenters. The Bertz CT molecular complexity index is 1190. The van der Waals surface area contributed by atoms with Crippen LogP contribution in [0.15, 0.2) is 59.3 Å². The van der Waals surface area contributed by atoms with E-state index in [-0.39, 0.29) is 22.9 Å². The highest BCUT2D eigenvalue weighted by Gasteiger charge is 2.18. The fraction of sp³-hybridized carbons (Fsp3) is 0.0500. The Labute approximate surface area is 162 Å². The van der Waals surface area contributed by atoms with Crippen LogP contribution >= 0.6 is 15.9 Å². The number of phenolic OH excluding ortho intramolecular Hbond substituents is 1. The summed E-state index contributed by atoms with van der Waals surface area (Å²) in [5, 5.41) is 14.4. The van der Waals surface area contributed by atoms with E-state index in [1.165, 1.54) is 28.9 Å². The fourth-order valence-corrected chi connectivity index (χ4v) is 3.32. The van der Waals surface area contributed by atoms with Gasteiger partial charge in [-0.2, -0.15) is 5.10 Å². The average Bonchev–Trinajstić information content (AvgIpc) is 2.99. The van der Waals surface area contributed by atoms with Crippen LogP contribution in [0.25, 0.3) is 16.8 Å². The number of hydrogen-bond acceptors (Lipinski definition) is 4. The zero-order valence-corrected chi connectivity index (χ0v) is 15.7. The quantitative estimate of drug-likeness (QED) is 0.489. The predicted molar refractivity (Wildman–Crippen MR) is 102 cm³/mol. The van der Waals surface area contributed by atoms with Gasteiger partial charge < -0.3 is 5.11 Å². The number of aryl methyl sites for hydroxylation is 1. The molecule has 0 aliphatic carbocycles. The van der Waals surface area contributed by atoms with Crippen molar-refractivity contribution in [1.29, 1.82) is 0 Å². The number of fused-ring (bicyclic) bond motifs is 1. The standard InChI is InChI=1S/C20H13BrFN3O2/c1-11-18(12-2-5-15(22)6-3-12)20-23-9-13(10-25(20)24-11)19(27)16-8-14(21)4-7-17(16)26/h2-10,26H,1H3. The predicted octanol–water partition coefficient (Wildman–Crippen LogP) is 4.54. The first-order chi connectivity index (χ1) is 12.9. The van der Waals surface area contributed by atoms with E-state index in [0.29, 0.717) is 21.4 Å². The first-order valence-corrected chi connectivity index (χ1v) is 8.87. The largest absolute Gasteiger partial charge is 0.507 e. The van der Waals surface area contributed by atoms with Gasteiger partial charge in [0.15, 0.2) is 11.4 Å². The summed E-state index contributed by atoms with van der Waals surface area (Å²) in [6.07, 6.45) is 3.02. The van der Waals surface area contributed by atoms with Crippen LogP contribution in [0.1, 0.15) is 21.6 Å². The van der Waals surface area contributed by atoms with E-state index in [2.05, 4.69) is 26.0 Å². The third-order valence-corrected chi connectivity index (χ3v) is 4.74. The van der Waals surface area contributed by atoms with E-state index in [9.17, 15) is 14.3 Å². The molecule has 0 amide bonds. The molecule has 27 heavy (non-hydrogen) atoms. The normalized spacial score (nSPS) is 11.1. The van der Waals surface area contributed by atoms with E-state index >= 15 is 0 Å². The van der Waals surface area contributed by atoms with Gasteiger partial charge in [0.05, 0.1) is 16.8 Å². The second-order valence-electron chi connectivity index (χ2n) is 6.07. The molecule has 5 nitrogen and oxygen atoms in total. The molecule has 0 aliphatic heterocycles. The molecule has 0 spiro atoms. The van der Waals surface area contributed by atoms with Gasteiger partial charge in [0.2, 0.25) is 0 Å². The van der Waals surface area contributed by atoms with Gasteiger partial charge in [0.25, 0.3) is 0 Å². The highest BCUT2D eigenvalue weighted by Crippen LogP contribution is 2.28. The van der Waals surface area contributed by atoms with Crippen molar-refractivity contribution in [3.63, 3.8) is 0 Å². The summed E-state index contributed by atoms with van der Waals surface area (Å²) in [4.78, 5) is 17.2. The Morgan fingerprint density at radius 3 is 2.67 bits per heavy atom. The molecular formula is C20H13BrFN3O2. The van der Waals surface area contributed by atoms with E-state index in [1.807, 2.05) is 6.92 Å². The van der Waals surface area contributed by atoms with Crippen LogP contribution in [0.5, 0.6) is 5.75 Å². The topological polar surface area (TPSA) is 67.5 Å². The van der Waals surface area contributed by atoms with E-state index in [1.54, 1.807) is 30.5 Å². The fourth-order valence-electron chi connectivity index (χ4n) is 2.96.